The number of amides is 2. The first-order valence-electron chi connectivity index (χ1n) is 8.19. The lowest BCUT2D eigenvalue weighted by molar-refractivity contribution is -0.116. The van der Waals surface area contributed by atoms with Gasteiger partial charge >= 0.3 is 0 Å². The lowest BCUT2D eigenvalue weighted by atomic mass is 10.1. The summed E-state index contributed by atoms with van der Waals surface area (Å²) >= 11 is 0. The molecule has 0 bridgehead atoms. The maximum atomic E-state index is 12.4. The molecule has 0 spiro atoms. The van der Waals surface area contributed by atoms with E-state index in [0.717, 1.165) is 17.8 Å². The van der Waals surface area contributed by atoms with Crippen LogP contribution in [0.15, 0.2) is 30.3 Å². The molecule has 0 aliphatic heterocycles. The largest absolute Gasteiger partial charge is 0.349 e. The van der Waals surface area contributed by atoms with Crippen LogP contribution in [0.5, 0.6) is 0 Å². The first-order valence-corrected chi connectivity index (χ1v) is 8.19. The summed E-state index contributed by atoms with van der Waals surface area (Å²) in [7, 11) is 0. The number of carbonyl (C=O) groups is 2. The number of aromatic amines is 1. The summed E-state index contributed by atoms with van der Waals surface area (Å²) in [6.07, 6.45) is 1.91. The average molecular weight is 328 g/mol. The smallest absolute Gasteiger partial charge is 0.251 e. The normalized spacial score (nSPS) is 11.8. The van der Waals surface area contributed by atoms with Crippen LogP contribution in [0.1, 0.15) is 48.4 Å². The summed E-state index contributed by atoms with van der Waals surface area (Å²) in [5.74, 6) is -0.210. The quantitative estimate of drug-likeness (QED) is 0.730. The second kappa shape index (κ2) is 8.29. The maximum Gasteiger partial charge on any atom is 0.251 e. The Morgan fingerprint density at radius 1 is 1.29 bits per heavy atom. The Kier molecular flexibility index (Phi) is 6.12. The summed E-state index contributed by atoms with van der Waals surface area (Å²) in [5.41, 5.74) is 3.07. The molecule has 0 saturated carbocycles. The van der Waals surface area contributed by atoms with Crippen LogP contribution < -0.4 is 10.6 Å². The van der Waals surface area contributed by atoms with Crippen LogP contribution in [0.4, 0.5) is 5.69 Å². The highest BCUT2D eigenvalue weighted by Crippen LogP contribution is 2.12. The van der Waals surface area contributed by atoms with E-state index in [0.29, 0.717) is 24.1 Å². The average Bonchev–Trinajstić information content (AvgIpc) is 2.92. The van der Waals surface area contributed by atoms with Gasteiger partial charge in [0, 0.05) is 35.8 Å². The number of nitrogens with one attached hydrogen (secondary N) is 3. The Balaban J connectivity index is 1.95. The van der Waals surface area contributed by atoms with Crippen molar-refractivity contribution < 1.29 is 9.59 Å². The highest BCUT2D eigenvalue weighted by Gasteiger charge is 2.12. The third-order valence-corrected chi connectivity index (χ3v) is 3.54. The molecule has 2 rings (SSSR count). The number of aromatic nitrogens is 2. The van der Waals surface area contributed by atoms with E-state index in [2.05, 4.69) is 20.8 Å². The highest BCUT2D eigenvalue weighted by atomic mass is 16.2. The van der Waals surface area contributed by atoms with Crippen molar-refractivity contribution in [2.45, 2.75) is 46.1 Å². The van der Waals surface area contributed by atoms with Gasteiger partial charge in [-0.1, -0.05) is 13.0 Å². The fraction of sp³-hybridized carbons (Fsp3) is 0.389. The summed E-state index contributed by atoms with van der Waals surface area (Å²) in [6.45, 7) is 5.83. The van der Waals surface area contributed by atoms with Crippen molar-refractivity contribution in [1.29, 1.82) is 0 Å². The van der Waals surface area contributed by atoms with Crippen molar-refractivity contribution in [2.75, 3.05) is 5.32 Å². The Morgan fingerprint density at radius 3 is 2.75 bits per heavy atom. The fourth-order valence-corrected chi connectivity index (χ4v) is 2.44. The molecule has 0 saturated heterocycles. The maximum absolute atomic E-state index is 12.4. The molecule has 2 amide bonds. The molecule has 0 aliphatic rings. The van der Waals surface area contributed by atoms with Gasteiger partial charge in [0.1, 0.15) is 0 Å². The number of anilines is 1. The van der Waals surface area contributed by atoms with E-state index in [4.69, 9.17) is 0 Å². The van der Waals surface area contributed by atoms with Gasteiger partial charge in [-0.25, -0.2) is 0 Å². The minimum atomic E-state index is -0.165. The number of carbonyl (C=O) groups excluding carboxylic acids is 2. The molecule has 6 nitrogen and oxygen atoms in total. The molecule has 1 atom stereocenters. The van der Waals surface area contributed by atoms with Crippen molar-refractivity contribution in [2.24, 2.45) is 0 Å². The number of hydrogen-bond donors (Lipinski definition) is 3. The Labute approximate surface area is 142 Å². The van der Waals surface area contributed by atoms with Gasteiger partial charge in [-0.15, -0.1) is 0 Å². The van der Waals surface area contributed by atoms with E-state index in [-0.39, 0.29) is 17.9 Å². The Bertz CT molecular complexity index is 709. The molecule has 1 unspecified atom stereocenters. The van der Waals surface area contributed by atoms with Gasteiger partial charge in [0.05, 0.1) is 5.69 Å². The molecule has 1 heterocycles. The highest BCUT2D eigenvalue weighted by molar-refractivity contribution is 5.97. The lowest BCUT2D eigenvalue weighted by Gasteiger charge is -2.13. The molecule has 6 heteroatoms. The van der Waals surface area contributed by atoms with Crippen molar-refractivity contribution in [3.05, 3.63) is 47.3 Å². The first-order chi connectivity index (χ1) is 11.5. The minimum absolute atomic E-state index is 0.0430. The third kappa shape index (κ3) is 5.22. The lowest BCUT2D eigenvalue weighted by Crippen LogP contribution is -2.34. The zero-order chi connectivity index (χ0) is 17.5. The molecule has 3 N–H and O–H groups in total. The zero-order valence-electron chi connectivity index (χ0n) is 14.3. The number of H-pyrrole nitrogens is 1. The molecule has 1 aromatic carbocycles. The predicted molar refractivity (Wildman–Crippen MR) is 93.9 cm³/mol. The van der Waals surface area contributed by atoms with E-state index in [1.807, 2.05) is 26.8 Å². The molecular formula is C18H24N4O2. The van der Waals surface area contributed by atoms with Gasteiger partial charge in [0.15, 0.2) is 0 Å². The van der Waals surface area contributed by atoms with Crippen LogP contribution in [-0.2, 0) is 11.2 Å². The van der Waals surface area contributed by atoms with Crippen LogP contribution in [-0.4, -0.2) is 28.1 Å². The van der Waals surface area contributed by atoms with Gasteiger partial charge in [-0.3, -0.25) is 14.7 Å². The summed E-state index contributed by atoms with van der Waals surface area (Å²) in [4.78, 5) is 24.0. The van der Waals surface area contributed by atoms with Crippen LogP contribution in [0.3, 0.4) is 0 Å². The monoisotopic (exact) mass is 328 g/mol. The number of hydrogen-bond acceptors (Lipinski definition) is 3. The second-order valence-electron chi connectivity index (χ2n) is 6.00. The number of nitrogens with zero attached hydrogens (tertiary/aromatic N) is 1. The minimum Gasteiger partial charge on any atom is -0.349 e. The van der Waals surface area contributed by atoms with Crippen molar-refractivity contribution >= 4 is 17.5 Å². The van der Waals surface area contributed by atoms with Crippen LogP contribution >= 0.6 is 0 Å². The molecule has 0 fully saturated rings. The SMILES string of the molecule is CCCC(=O)Nc1cccc(C(=O)NC(C)Cc2cc(C)[nH]n2)c1. The van der Waals surface area contributed by atoms with Crippen molar-refractivity contribution in [1.82, 2.24) is 15.5 Å². The first kappa shape index (κ1) is 17.7. The fourth-order valence-electron chi connectivity index (χ4n) is 2.44. The van der Waals surface area contributed by atoms with Crippen LogP contribution in [0, 0.1) is 6.92 Å². The van der Waals surface area contributed by atoms with Gasteiger partial charge in [0.25, 0.3) is 5.91 Å². The molecule has 2 aromatic rings. The summed E-state index contributed by atoms with van der Waals surface area (Å²) < 4.78 is 0. The Hall–Kier alpha value is -2.63. The van der Waals surface area contributed by atoms with E-state index < -0.39 is 0 Å². The molecule has 0 radical (unpaired) electrons. The zero-order valence-corrected chi connectivity index (χ0v) is 14.3. The molecular weight excluding hydrogens is 304 g/mol. The van der Waals surface area contributed by atoms with Gasteiger partial charge in [-0.2, -0.15) is 5.10 Å². The van der Waals surface area contributed by atoms with Crippen molar-refractivity contribution in [3.8, 4) is 0 Å². The van der Waals surface area contributed by atoms with Crippen LogP contribution in [0.2, 0.25) is 0 Å². The predicted octanol–water partition coefficient (Wildman–Crippen LogP) is 2.82. The van der Waals surface area contributed by atoms with Crippen LogP contribution in [0.25, 0.3) is 0 Å². The number of benzene rings is 1. The molecule has 24 heavy (non-hydrogen) atoms. The summed E-state index contributed by atoms with van der Waals surface area (Å²) in [6, 6.07) is 8.88. The standard InChI is InChI=1S/C18H24N4O2/c1-4-6-17(23)20-15-8-5-7-14(11-15)18(24)19-12(2)9-16-10-13(3)21-22-16/h5,7-8,10-12H,4,6,9H2,1-3H3,(H,19,24)(H,20,23)(H,21,22). The van der Waals surface area contributed by atoms with Gasteiger partial charge < -0.3 is 10.6 Å². The molecule has 128 valence electrons. The van der Waals surface area contributed by atoms with Crippen molar-refractivity contribution in [3.63, 3.8) is 0 Å². The second-order valence-corrected chi connectivity index (χ2v) is 6.00. The van der Waals surface area contributed by atoms with Gasteiger partial charge in [-0.05, 0) is 44.5 Å². The van der Waals surface area contributed by atoms with E-state index >= 15 is 0 Å². The third-order valence-electron chi connectivity index (χ3n) is 3.54. The molecule has 0 aliphatic carbocycles. The van der Waals surface area contributed by atoms with E-state index in [9.17, 15) is 9.59 Å². The van der Waals surface area contributed by atoms with E-state index in [1.165, 1.54) is 0 Å². The molecule has 1 aromatic heterocycles. The van der Waals surface area contributed by atoms with Gasteiger partial charge in [0.2, 0.25) is 5.91 Å². The van der Waals surface area contributed by atoms with E-state index in [1.54, 1.807) is 24.3 Å². The topological polar surface area (TPSA) is 86.9 Å². The number of rotatable bonds is 7. The Morgan fingerprint density at radius 2 is 2.08 bits per heavy atom. The summed E-state index contributed by atoms with van der Waals surface area (Å²) in [5, 5.41) is 12.8. The number of aryl methyl sites for hydroxylation is 1.